The van der Waals surface area contributed by atoms with Crippen LogP contribution in [0.15, 0.2) is 47.4 Å². The summed E-state index contributed by atoms with van der Waals surface area (Å²) in [5, 5.41) is 14.5. The fourth-order valence-corrected chi connectivity index (χ4v) is 4.31. The van der Waals surface area contributed by atoms with Crippen LogP contribution in [0.2, 0.25) is 0 Å². The zero-order valence-corrected chi connectivity index (χ0v) is 16.6. The molecule has 1 saturated heterocycles. The summed E-state index contributed by atoms with van der Waals surface area (Å²) < 4.78 is 29.0. The van der Waals surface area contributed by atoms with Crippen molar-refractivity contribution in [2.24, 2.45) is 5.92 Å². The van der Waals surface area contributed by atoms with Crippen molar-refractivity contribution in [3.63, 3.8) is 0 Å². The van der Waals surface area contributed by atoms with Crippen LogP contribution in [0.4, 0.5) is 17.1 Å². The molecule has 150 valence electrons. The number of para-hydroxylation sites is 1. The molecule has 0 radical (unpaired) electrons. The van der Waals surface area contributed by atoms with E-state index >= 15 is 0 Å². The third-order valence-electron chi connectivity index (χ3n) is 4.87. The molecule has 1 aliphatic heterocycles. The van der Waals surface area contributed by atoms with E-state index in [0.717, 1.165) is 37.2 Å². The molecule has 1 unspecified atom stereocenters. The van der Waals surface area contributed by atoms with E-state index < -0.39 is 20.4 Å². The van der Waals surface area contributed by atoms with Crippen LogP contribution in [-0.2, 0) is 9.84 Å². The number of sulfone groups is 1. The highest BCUT2D eigenvalue weighted by Gasteiger charge is 2.28. The molecule has 2 aromatic rings. The Bertz CT molecular complexity index is 977. The second kappa shape index (κ2) is 8.05. The SMILES string of the molecule is COc1cccc(N2CCC(CNc3cccc(S(C)(=O)=O)c3[N+](=O)[O-])C2)c1. The smallest absolute Gasteiger partial charge is 0.310 e. The fraction of sp³-hybridized carbons (Fsp3) is 0.368. The van der Waals surface area contributed by atoms with E-state index in [9.17, 15) is 18.5 Å². The van der Waals surface area contributed by atoms with Gasteiger partial charge in [-0.25, -0.2) is 8.42 Å². The Morgan fingerprint density at radius 3 is 2.71 bits per heavy atom. The molecule has 0 aliphatic carbocycles. The van der Waals surface area contributed by atoms with Gasteiger partial charge in [0.05, 0.1) is 12.0 Å². The van der Waals surface area contributed by atoms with Crippen molar-refractivity contribution in [2.45, 2.75) is 11.3 Å². The van der Waals surface area contributed by atoms with E-state index in [1.807, 2.05) is 24.3 Å². The molecular weight excluding hydrogens is 382 g/mol. The predicted molar refractivity (Wildman–Crippen MR) is 108 cm³/mol. The minimum atomic E-state index is -3.69. The van der Waals surface area contributed by atoms with Crippen molar-refractivity contribution in [1.29, 1.82) is 0 Å². The molecule has 0 bridgehead atoms. The van der Waals surface area contributed by atoms with E-state index in [1.54, 1.807) is 13.2 Å². The summed E-state index contributed by atoms with van der Waals surface area (Å²) >= 11 is 0. The largest absolute Gasteiger partial charge is 0.497 e. The third-order valence-corrected chi connectivity index (χ3v) is 5.99. The second-order valence-corrected chi connectivity index (χ2v) is 8.85. The summed E-state index contributed by atoms with van der Waals surface area (Å²) in [7, 11) is -2.06. The zero-order chi connectivity index (χ0) is 20.3. The maximum absolute atomic E-state index is 11.9. The van der Waals surface area contributed by atoms with Crippen LogP contribution in [0.3, 0.4) is 0 Å². The minimum absolute atomic E-state index is 0.229. The predicted octanol–water partition coefficient (Wildman–Crippen LogP) is 2.95. The van der Waals surface area contributed by atoms with Gasteiger partial charge in [0.15, 0.2) is 9.84 Å². The normalized spacial score (nSPS) is 16.8. The molecule has 1 N–H and O–H groups in total. The summed E-state index contributed by atoms with van der Waals surface area (Å²) in [6, 6.07) is 12.2. The van der Waals surface area contributed by atoms with Crippen molar-refractivity contribution in [3.8, 4) is 5.75 Å². The van der Waals surface area contributed by atoms with Gasteiger partial charge in [-0.3, -0.25) is 10.1 Å². The lowest BCUT2D eigenvalue weighted by atomic mass is 10.1. The monoisotopic (exact) mass is 405 g/mol. The number of nitrogens with zero attached hydrogens (tertiary/aromatic N) is 2. The number of nitro groups is 1. The van der Waals surface area contributed by atoms with Gasteiger partial charge in [0, 0.05) is 37.6 Å². The molecule has 1 aliphatic rings. The highest BCUT2D eigenvalue weighted by Crippen LogP contribution is 2.33. The first kappa shape index (κ1) is 19.9. The maximum atomic E-state index is 11.9. The van der Waals surface area contributed by atoms with Crippen molar-refractivity contribution in [3.05, 3.63) is 52.6 Å². The minimum Gasteiger partial charge on any atom is -0.497 e. The Labute approximate surface area is 164 Å². The van der Waals surface area contributed by atoms with Crippen LogP contribution in [0.25, 0.3) is 0 Å². The lowest BCUT2D eigenvalue weighted by molar-refractivity contribution is -0.386. The zero-order valence-electron chi connectivity index (χ0n) is 15.8. The molecule has 0 spiro atoms. The van der Waals surface area contributed by atoms with Gasteiger partial charge in [0.25, 0.3) is 0 Å². The third kappa shape index (κ3) is 4.36. The quantitative estimate of drug-likeness (QED) is 0.558. The first-order valence-corrected chi connectivity index (χ1v) is 10.8. The Morgan fingerprint density at radius 2 is 2.04 bits per heavy atom. The van der Waals surface area contributed by atoms with Crippen LogP contribution in [0, 0.1) is 16.0 Å². The number of nitrogens with one attached hydrogen (secondary N) is 1. The highest BCUT2D eigenvalue weighted by molar-refractivity contribution is 7.90. The Balaban J connectivity index is 1.71. The Hall–Kier alpha value is -2.81. The highest BCUT2D eigenvalue weighted by atomic mass is 32.2. The number of hydrogen-bond donors (Lipinski definition) is 1. The number of rotatable bonds is 7. The van der Waals surface area contributed by atoms with Gasteiger partial charge in [0.2, 0.25) is 0 Å². The van der Waals surface area contributed by atoms with Crippen molar-refractivity contribution in [1.82, 2.24) is 0 Å². The molecule has 3 rings (SSSR count). The second-order valence-electron chi connectivity index (χ2n) is 6.86. The van der Waals surface area contributed by atoms with Crippen LogP contribution in [0.5, 0.6) is 5.75 Å². The molecule has 0 aromatic heterocycles. The standard InChI is InChI=1S/C19H23N3O5S/c1-27-16-6-3-5-15(11-16)21-10-9-14(13-21)12-20-17-7-4-8-18(28(2,25)26)19(17)22(23)24/h3-8,11,14,20H,9-10,12-13H2,1-2H3. The van der Waals surface area contributed by atoms with Crippen LogP contribution in [-0.4, -0.2) is 46.3 Å². The average molecular weight is 405 g/mol. The first-order valence-electron chi connectivity index (χ1n) is 8.90. The van der Waals surface area contributed by atoms with Gasteiger partial charge >= 0.3 is 5.69 Å². The Morgan fingerprint density at radius 1 is 1.29 bits per heavy atom. The number of benzene rings is 2. The van der Waals surface area contributed by atoms with Gasteiger partial charge in [0.1, 0.15) is 16.3 Å². The average Bonchev–Trinajstić information content (AvgIpc) is 3.14. The van der Waals surface area contributed by atoms with Crippen molar-refractivity contribution in [2.75, 3.05) is 43.2 Å². The van der Waals surface area contributed by atoms with E-state index in [2.05, 4.69) is 10.2 Å². The van der Waals surface area contributed by atoms with Gasteiger partial charge in [-0.2, -0.15) is 0 Å². The van der Waals surface area contributed by atoms with Crippen LogP contribution in [0.1, 0.15) is 6.42 Å². The first-order chi connectivity index (χ1) is 13.3. The van der Waals surface area contributed by atoms with E-state index in [1.165, 1.54) is 12.1 Å². The van der Waals surface area contributed by atoms with E-state index in [-0.39, 0.29) is 16.5 Å². The molecule has 1 fully saturated rings. The topological polar surface area (TPSA) is 102 Å². The summed E-state index contributed by atoms with van der Waals surface area (Å²) in [5.41, 5.74) is 0.910. The molecule has 0 amide bonds. The summed E-state index contributed by atoms with van der Waals surface area (Å²) in [5.74, 6) is 1.08. The number of ether oxygens (including phenoxy) is 1. The molecule has 1 atom stereocenters. The Kier molecular flexibility index (Phi) is 5.73. The van der Waals surface area contributed by atoms with Crippen LogP contribution >= 0.6 is 0 Å². The van der Waals surface area contributed by atoms with E-state index in [4.69, 9.17) is 4.74 Å². The van der Waals surface area contributed by atoms with Gasteiger partial charge in [-0.05, 0) is 36.6 Å². The lowest BCUT2D eigenvalue weighted by Crippen LogP contribution is -2.22. The number of hydrogen-bond acceptors (Lipinski definition) is 7. The molecule has 9 heteroatoms. The molecule has 28 heavy (non-hydrogen) atoms. The van der Waals surface area contributed by atoms with Gasteiger partial charge in [-0.15, -0.1) is 0 Å². The summed E-state index contributed by atoms with van der Waals surface area (Å²) in [6.45, 7) is 2.21. The lowest BCUT2D eigenvalue weighted by Gasteiger charge is -2.19. The van der Waals surface area contributed by atoms with Crippen molar-refractivity contribution < 1.29 is 18.1 Å². The van der Waals surface area contributed by atoms with Crippen LogP contribution < -0.4 is 15.0 Å². The summed E-state index contributed by atoms with van der Waals surface area (Å²) in [6.07, 6.45) is 1.91. The molecular formula is C19H23N3O5S. The maximum Gasteiger partial charge on any atom is 0.310 e. The van der Waals surface area contributed by atoms with Gasteiger partial charge < -0.3 is 15.0 Å². The molecule has 1 heterocycles. The molecule has 2 aromatic carbocycles. The number of methoxy groups -OCH3 is 1. The van der Waals surface area contributed by atoms with Crippen molar-refractivity contribution >= 4 is 26.9 Å². The number of anilines is 2. The summed E-state index contributed by atoms with van der Waals surface area (Å²) in [4.78, 5) is 12.8. The number of nitro benzene ring substituents is 1. The van der Waals surface area contributed by atoms with Gasteiger partial charge in [-0.1, -0.05) is 12.1 Å². The molecule has 0 saturated carbocycles. The fourth-order valence-electron chi connectivity index (χ4n) is 3.45. The van der Waals surface area contributed by atoms with E-state index in [0.29, 0.717) is 6.54 Å². The molecule has 8 nitrogen and oxygen atoms in total.